The zero-order valence-electron chi connectivity index (χ0n) is 16.9. The number of hydrogen-bond acceptors (Lipinski definition) is 3. The lowest BCUT2D eigenvalue weighted by Crippen LogP contribution is -2.22. The van der Waals surface area contributed by atoms with Crippen LogP contribution in [0.1, 0.15) is 0 Å². The van der Waals surface area contributed by atoms with Gasteiger partial charge in [-0.05, 0) is 48.5 Å². The number of fused-ring (bicyclic) bond motifs is 2. The molecule has 4 aromatic rings. The van der Waals surface area contributed by atoms with Gasteiger partial charge in [0.15, 0.2) is 14.7 Å². The second-order valence-electron chi connectivity index (χ2n) is 7.03. The van der Waals surface area contributed by atoms with Crippen molar-refractivity contribution in [1.29, 1.82) is 0 Å². The van der Waals surface area contributed by atoms with Crippen molar-refractivity contribution in [3.63, 3.8) is 0 Å². The fraction of sp³-hybridized carbons (Fsp3) is 0.0769. The Labute approximate surface area is 184 Å². The average molecular weight is 429 g/mol. The first kappa shape index (κ1) is 19.2. The zero-order chi connectivity index (χ0) is 20.5. The Kier molecular flexibility index (Phi) is 5.19. The molecule has 0 unspecified atom stereocenters. The van der Waals surface area contributed by atoms with Gasteiger partial charge >= 0.3 is 0 Å². The molecule has 2 nitrogen and oxygen atoms in total. The summed E-state index contributed by atoms with van der Waals surface area (Å²) in [4.78, 5) is 8.81. The molecule has 0 saturated carbocycles. The van der Waals surface area contributed by atoms with Gasteiger partial charge < -0.3 is 9.64 Å². The Hall–Kier alpha value is -2.82. The Morgan fingerprint density at radius 3 is 1.93 bits per heavy atom. The van der Waals surface area contributed by atoms with Gasteiger partial charge in [0.2, 0.25) is 0 Å². The van der Waals surface area contributed by atoms with Crippen LogP contribution in [0.2, 0.25) is 0 Å². The van der Waals surface area contributed by atoms with E-state index in [1.807, 2.05) is 11.8 Å². The maximum absolute atomic E-state index is 5.63. The van der Waals surface area contributed by atoms with Gasteiger partial charge in [-0.1, -0.05) is 54.2 Å². The summed E-state index contributed by atoms with van der Waals surface area (Å²) in [6.45, 7) is 0. The van der Waals surface area contributed by atoms with Gasteiger partial charge in [0, 0.05) is 18.0 Å². The van der Waals surface area contributed by atoms with Crippen LogP contribution >= 0.6 is 11.8 Å². The Balaban J connectivity index is 1.73. The second-order valence-corrected chi connectivity index (χ2v) is 10.1. The molecular formula is C26H22NOS2+. The highest BCUT2D eigenvalue weighted by Gasteiger charge is 2.41. The van der Waals surface area contributed by atoms with Crippen LogP contribution in [0.25, 0.3) is 0 Å². The largest absolute Gasteiger partial charge is 0.497 e. The molecular weight excluding hydrogens is 406 g/mol. The minimum atomic E-state index is -0.218. The highest BCUT2D eigenvalue weighted by molar-refractivity contribution is 8.01. The fourth-order valence-corrected chi connectivity index (χ4v) is 7.46. The van der Waals surface area contributed by atoms with Crippen LogP contribution in [-0.4, -0.2) is 14.2 Å². The zero-order valence-corrected chi connectivity index (χ0v) is 18.5. The average Bonchev–Trinajstić information content (AvgIpc) is 2.81. The third-order valence-electron chi connectivity index (χ3n) is 5.23. The van der Waals surface area contributed by atoms with Gasteiger partial charge in [0.05, 0.1) is 23.4 Å². The summed E-state index contributed by atoms with van der Waals surface area (Å²) in [5.74, 6) is 0.892. The molecule has 0 aliphatic carbocycles. The van der Waals surface area contributed by atoms with Gasteiger partial charge in [0.25, 0.3) is 0 Å². The maximum atomic E-state index is 5.63. The van der Waals surface area contributed by atoms with E-state index in [0.29, 0.717) is 0 Å². The van der Waals surface area contributed by atoms with Crippen molar-refractivity contribution in [2.75, 3.05) is 19.1 Å². The second kappa shape index (κ2) is 8.13. The summed E-state index contributed by atoms with van der Waals surface area (Å²) in [5.41, 5.74) is 2.52. The minimum Gasteiger partial charge on any atom is -0.497 e. The summed E-state index contributed by atoms with van der Waals surface area (Å²) >= 11 is 1.81. The SMILES string of the molecule is COc1ccc(Sc2ccccc2)c([S+]2c3ccccc3N(C)c3ccccc32)c1. The van der Waals surface area contributed by atoms with Crippen molar-refractivity contribution in [2.45, 2.75) is 24.5 Å². The third-order valence-corrected chi connectivity index (χ3v) is 8.80. The lowest BCUT2D eigenvalue weighted by Gasteiger charge is -2.28. The van der Waals surface area contributed by atoms with Crippen LogP contribution in [0, 0.1) is 0 Å². The van der Waals surface area contributed by atoms with Crippen molar-refractivity contribution in [3.05, 3.63) is 97.1 Å². The van der Waals surface area contributed by atoms with E-state index in [2.05, 4.69) is 109 Å². The van der Waals surface area contributed by atoms with Crippen molar-refractivity contribution in [2.24, 2.45) is 0 Å². The van der Waals surface area contributed by atoms with E-state index in [4.69, 9.17) is 4.74 Å². The van der Waals surface area contributed by atoms with Gasteiger partial charge in [-0.2, -0.15) is 0 Å². The molecule has 148 valence electrons. The topological polar surface area (TPSA) is 12.5 Å². The first-order valence-corrected chi connectivity index (χ1v) is 11.9. The molecule has 0 radical (unpaired) electrons. The number of ether oxygens (including phenoxy) is 1. The third kappa shape index (κ3) is 3.36. The van der Waals surface area contributed by atoms with E-state index >= 15 is 0 Å². The van der Waals surface area contributed by atoms with Gasteiger partial charge in [-0.25, -0.2) is 0 Å². The molecule has 0 aromatic heterocycles. The number of nitrogens with zero attached hydrogens (tertiary/aromatic N) is 1. The molecule has 1 aliphatic heterocycles. The normalized spacial score (nSPS) is 12.9. The molecule has 1 heterocycles. The van der Waals surface area contributed by atoms with Crippen LogP contribution in [0.3, 0.4) is 0 Å². The van der Waals surface area contributed by atoms with Gasteiger partial charge in [-0.15, -0.1) is 0 Å². The van der Waals surface area contributed by atoms with Crippen molar-refractivity contribution < 1.29 is 4.74 Å². The first-order chi connectivity index (χ1) is 14.8. The van der Waals surface area contributed by atoms with Gasteiger partial charge in [0.1, 0.15) is 16.6 Å². The van der Waals surface area contributed by atoms with Crippen LogP contribution in [-0.2, 0) is 10.9 Å². The quantitative estimate of drug-likeness (QED) is 0.324. The maximum Gasteiger partial charge on any atom is 0.190 e. The Morgan fingerprint density at radius 1 is 0.700 bits per heavy atom. The molecule has 0 spiro atoms. The van der Waals surface area contributed by atoms with Crippen molar-refractivity contribution in [3.8, 4) is 5.75 Å². The van der Waals surface area contributed by atoms with E-state index in [0.717, 1.165) is 5.75 Å². The number of rotatable bonds is 4. The van der Waals surface area contributed by atoms with E-state index < -0.39 is 0 Å². The number of methoxy groups -OCH3 is 1. The monoisotopic (exact) mass is 428 g/mol. The molecule has 0 fully saturated rings. The lowest BCUT2D eigenvalue weighted by molar-refractivity contribution is 0.413. The summed E-state index contributed by atoms with van der Waals surface area (Å²) in [5, 5.41) is 0. The summed E-state index contributed by atoms with van der Waals surface area (Å²) in [7, 11) is 3.68. The predicted molar refractivity (Wildman–Crippen MR) is 127 cm³/mol. The molecule has 0 saturated heterocycles. The summed E-state index contributed by atoms with van der Waals surface area (Å²) in [6, 6.07) is 34.5. The molecule has 0 N–H and O–H groups in total. The molecule has 30 heavy (non-hydrogen) atoms. The van der Waals surface area contributed by atoms with E-state index in [9.17, 15) is 0 Å². The molecule has 0 bridgehead atoms. The molecule has 4 aromatic carbocycles. The molecule has 0 amide bonds. The van der Waals surface area contributed by atoms with E-state index in [1.54, 1.807) is 7.11 Å². The van der Waals surface area contributed by atoms with Crippen LogP contribution in [0.15, 0.2) is 122 Å². The Bertz CT molecular complexity index is 1150. The van der Waals surface area contributed by atoms with Crippen molar-refractivity contribution >= 4 is 34.0 Å². The van der Waals surface area contributed by atoms with Crippen LogP contribution < -0.4 is 9.64 Å². The fourth-order valence-electron chi connectivity index (χ4n) is 3.77. The molecule has 0 atom stereocenters. The number of hydrogen-bond donors (Lipinski definition) is 0. The smallest absolute Gasteiger partial charge is 0.190 e. The molecule has 5 rings (SSSR count). The number of benzene rings is 4. The highest BCUT2D eigenvalue weighted by atomic mass is 32.2. The summed E-state index contributed by atoms with van der Waals surface area (Å²) < 4.78 is 5.63. The minimum absolute atomic E-state index is 0.218. The van der Waals surface area contributed by atoms with Crippen LogP contribution in [0.4, 0.5) is 11.4 Å². The van der Waals surface area contributed by atoms with E-state index in [-0.39, 0.29) is 10.9 Å². The molecule has 4 heteroatoms. The first-order valence-electron chi connectivity index (χ1n) is 9.83. The van der Waals surface area contributed by atoms with Crippen molar-refractivity contribution in [1.82, 2.24) is 0 Å². The highest BCUT2D eigenvalue weighted by Crippen LogP contribution is 2.50. The lowest BCUT2D eigenvalue weighted by atomic mass is 10.2. The number of anilines is 2. The predicted octanol–water partition coefficient (Wildman–Crippen LogP) is 7.02. The van der Waals surface area contributed by atoms with Gasteiger partial charge in [-0.3, -0.25) is 0 Å². The van der Waals surface area contributed by atoms with Crippen LogP contribution in [0.5, 0.6) is 5.75 Å². The standard InChI is InChI=1S/C26H22NOS2/c1-27-21-12-6-8-14-24(21)30(25-15-9-7-13-22(25)27)26-18-19(28-2)16-17-23(26)29-20-10-4-3-5-11-20/h3-18H,1-2H3/q+1. The molecule has 1 aliphatic rings. The van der Waals surface area contributed by atoms with E-state index in [1.165, 1.54) is 35.9 Å². The Morgan fingerprint density at radius 2 is 1.30 bits per heavy atom. The summed E-state index contributed by atoms with van der Waals surface area (Å²) in [6.07, 6.45) is 0. The number of para-hydroxylation sites is 2.